The van der Waals surface area contributed by atoms with Crippen LogP contribution >= 0.6 is 0 Å². The van der Waals surface area contributed by atoms with Gasteiger partial charge in [0.2, 0.25) is 0 Å². The Morgan fingerprint density at radius 2 is 1.84 bits per heavy atom. The molecule has 11 heteroatoms. The van der Waals surface area contributed by atoms with E-state index in [2.05, 4.69) is 15.5 Å². The third-order valence-electron chi connectivity index (χ3n) is 4.74. The summed E-state index contributed by atoms with van der Waals surface area (Å²) < 4.78 is 14.1. The van der Waals surface area contributed by atoms with Crippen molar-refractivity contribution in [2.24, 2.45) is 0 Å². The van der Waals surface area contributed by atoms with Crippen molar-refractivity contribution in [2.45, 2.75) is 40.9 Å². The van der Waals surface area contributed by atoms with Gasteiger partial charge in [0.1, 0.15) is 23.8 Å². The number of amides is 1. The highest BCUT2D eigenvalue weighted by molar-refractivity contribution is 5.92. The number of nitro groups is 1. The molecule has 11 nitrogen and oxygen atoms in total. The van der Waals surface area contributed by atoms with E-state index in [0.717, 1.165) is 5.56 Å². The molecule has 0 aliphatic carbocycles. The maximum atomic E-state index is 12.5. The predicted molar refractivity (Wildman–Crippen MR) is 116 cm³/mol. The van der Waals surface area contributed by atoms with Crippen molar-refractivity contribution in [1.29, 1.82) is 0 Å². The molecule has 1 amide bonds. The lowest BCUT2D eigenvalue weighted by atomic mass is 10.2. The van der Waals surface area contributed by atoms with Crippen molar-refractivity contribution in [3.8, 4) is 11.5 Å². The summed E-state index contributed by atoms with van der Waals surface area (Å²) in [5.74, 6) is 0.951. The second-order valence-electron chi connectivity index (χ2n) is 6.99. The molecular weight excluding hydrogens is 416 g/mol. The second-order valence-corrected chi connectivity index (χ2v) is 6.99. The highest BCUT2D eigenvalue weighted by Crippen LogP contribution is 2.28. The SMILES string of the molecule is CCOc1ccc(CNC(=O)c2ccn(Cn3nc(C)c([N+](=O)[O-])c3C)n2)cc1OCC. The molecule has 0 spiro atoms. The van der Waals surface area contributed by atoms with Gasteiger partial charge in [-0.05, 0) is 51.5 Å². The van der Waals surface area contributed by atoms with Crippen LogP contribution in [-0.4, -0.2) is 43.6 Å². The molecule has 0 aliphatic rings. The van der Waals surface area contributed by atoms with Crippen LogP contribution in [0, 0.1) is 24.0 Å². The van der Waals surface area contributed by atoms with Gasteiger partial charge in [-0.3, -0.25) is 19.6 Å². The molecule has 1 aromatic carbocycles. The first-order valence-electron chi connectivity index (χ1n) is 10.2. The Bertz CT molecular complexity index is 1120. The van der Waals surface area contributed by atoms with Crippen molar-refractivity contribution < 1.29 is 19.2 Å². The molecule has 0 aliphatic heterocycles. The monoisotopic (exact) mass is 442 g/mol. The average Bonchev–Trinajstić information content (AvgIpc) is 3.32. The number of hydrogen-bond donors (Lipinski definition) is 1. The minimum Gasteiger partial charge on any atom is -0.490 e. The van der Waals surface area contributed by atoms with Gasteiger partial charge in [-0.15, -0.1) is 0 Å². The Morgan fingerprint density at radius 3 is 2.50 bits per heavy atom. The number of hydrogen-bond acceptors (Lipinski definition) is 7. The number of aromatic nitrogens is 4. The molecule has 0 fully saturated rings. The van der Waals surface area contributed by atoms with Crippen LogP contribution in [0.4, 0.5) is 5.69 Å². The van der Waals surface area contributed by atoms with Crippen molar-refractivity contribution in [3.63, 3.8) is 0 Å². The van der Waals surface area contributed by atoms with Crippen molar-refractivity contribution >= 4 is 11.6 Å². The Balaban J connectivity index is 1.65. The first-order chi connectivity index (χ1) is 15.3. The molecule has 0 bridgehead atoms. The summed E-state index contributed by atoms with van der Waals surface area (Å²) in [7, 11) is 0. The molecule has 2 aromatic heterocycles. The molecule has 3 rings (SSSR count). The summed E-state index contributed by atoms with van der Waals surface area (Å²) in [5.41, 5.74) is 1.84. The maximum absolute atomic E-state index is 12.5. The van der Waals surface area contributed by atoms with Crippen LogP contribution in [0.2, 0.25) is 0 Å². The number of benzene rings is 1. The fraction of sp³-hybridized carbons (Fsp3) is 0.381. The number of carbonyl (C=O) groups excluding carboxylic acids is 1. The Hall–Kier alpha value is -3.89. The Morgan fingerprint density at radius 1 is 1.12 bits per heavy atom. The van der Waals surface area contributed by atoms with E-state index in [1.165, 1.54) is 9.36 Å². The number of nitrogens with zero attached hydrogens (tertiary/aromatic N) is 5. The lowest BCUT2D eigenvalue weighted by Gasteiger charge is -2.12. The summed E-state index contributed by atoms with van der Waals surface area (Å²) in [6.07, 6.45) is 1.63. The predicted octanol–water partition coefficient (Wildman–Crippen LogP) is 2.84. The fourth-order valence-corrected chi connectivity index (χ4v) is 3.27. The van der Waals surface area contributed by atoms with Gasteiger partial charge in [-0.25, -0.2) is 4.68 Å². The van der Waals surface area contributed by atoms with Gasteiger partial charge in [-0.1, -0.05) is 6.07 Å². The Labute approximate surface area is 185 Å². The molecule has 0 saturated carbocycles. The normalized spacial score (nSPS) is 10.8. The third-order valence-corrected chi connectivity index (χ3v) is 4.74. The molecule has 32 heavy (non-hydrogen) atoms. The van der Waals surface area contributed by atoms with Crippen LogP contribution in [0.1, 0.15) is 41.3 Å². The van der Waals surface area contributed by atoms with E-state index in [9.17, 15) is 14.9 Å². The third kappa shape index (κ3) is 5.05. The summed E-state index contributed by atoms with van der Waals surface area (Å²) in [6, 6.07) is 7.10. The Kier molecular flexibility index (Phi) is 7.08. The summed E-state index contributed by atoms with van der Waals surface area (Å²) in [5, 5.41) is 22.4. The van der Waals surface area contributed by atoms with Gasteiger partial charge in [0.25, 0.3) is 5.91 Å². The van der Waals surface area contributed by atoms with Gasteiger partial charge in [0, 0.05) is 12.7 Å². The summed E-state index contributed by atoms with van der Waals surface area (Å²) in [4.78, 5) is 23.2. The number of carbonyl (C=O) groups is 1. The van der Waals surface area contributed by atoms with E-state index in [-0.39, 0.29) is 24.0 Å². The van der Waals surface area contributed by atoms with Crippen LogP contribution in [0.25, 0.3) is 0 Å². The molecule has 0 unspecified atom stereocenters. The molecular formula is C21H26N6O5. The fourth-order valence-electron chi connectivity index (χ4n) is 3.27. The zero-order chi connectivity index (χ0) is 23.3. The van der Waals surface area contributed by atoms with Crippen molar-refractivity contribution in [1.82, 2.24) is 24.9 Å². The largest absolute Gasteiger partial charge is 0.490 e. The van der Waals surface area contributed by atoms with Gasteiger partial charge < -0.3 is 14.8 Å². The average molecular weight is 442 g/mol. The van der Waals surface area contributed by atoms with Crippen LogP contribution in [0.15, 0.2) is 30.5 Å². The van der Waals surface area contributed by atoms with Gasteiger partial charge >= 0.3 is 5.69 Å². The molecule has 0 saturated heterocycles. The van der Waals surface area contributed by atoms with Gasteiger partial charge in [0.05, 0.1) is 18.1 Å². The molecule has 1 N–H and O–H groups in total. The number of nitrogens with one attached hydrogen (secondary N) is 1. The van der Waals surface area contributed by atoms with Gasteiger partial charge in [0.15, 0.2) is 11.5 Å². The van der Waals surface area contributed by atoms with E-state index in [0.29, 0.717) is 42.6 Å². The summed E-state index contributed by atoms with van der Waals surface area (Å²) in [6.45, 7) is 8.50. The highest BCUT2D eigenvalue weighted by atomic mass is 16.6. The first-order valence-corrected chi connectivity index (χ1v) is 10.2. The van der Waals surface area contributed by atoms with Crippen molar-refractivity contribution in [2.75, 3.05) is 13.2 Å². The minimum absolute atomic E-state index is 0.0168. The van der Waals surface area contributed by atoms with E-state index in [1.54, 1.807) is 26.1 Å². The van der Waals surface area contributed by atoms with Crippen LogP contribution < -0.4 is 14.8 Å². The van der Waals surface area contributed by atoms with Gasteiger partial charge in [-0.2, -0.15) is 10.2 Å². The molecule has 170 valence electrons. The zero-order valence-electron chi connectivity index (χ0n) is 18.5. The minimum atomic E-state index is -0.450. The van der Waals surface area contributed by atoms with E-state index < -0.39 is 4.92 Å². The van der Waals surface area contributed by atoms with E-state index in [1.807, 2.05) is 32.0 Å². The first kappa shape index (κ1) is 22.8. The number of aryl methyl sites for hydroxylation is 1. The van der Waals surface area contributed by atoms with Crippen LogP contribution in [0.3, 0.4) is 0 Å². The smallest absolute Gasteiger partial charge is 0.312 e. The second kappa shape index (κ2) is 9.94. The number of rotatable bonds is 10. The highest BCUT2D eigenvalue weighted by Gasteiger charge is 2.22. The topological polar surface area (TPSA) is 126 Å². The summed E-state index contributed by atoms with van der Waals surface area (Å²) >= 11 is 0. The van der Waals surface area contributed by atoms with Crippen LogP contribution in [-0.2, 0) is 13.2 Å². The lowest BCUT2D eigenvalue weighted by molar-refractivity contribution is -0.386. The zero-order valence-corrected chi connectivity index (χ0v) is 18.5. The van der Waals surface area contributed by atoms with E-state index >= 15 is 0 Å². The lowest BCUT2D eigenvalue weighted by Crippen LogP contribution is -2.23. The molecule has 0 atom stereocenters. The van der Waals surface area contributed by atoms with E-state index in [4.69, 9.17) is 9.47 Å². The number of ether oxygens (including phenoxy) is 2. The molecule has 3 aromatic rings. The maximum Gasteiger partial charge on any atom is 0.312 e. The quantitative estimate of drug-likeness (QED) is 0.378. The molecule has 0 radical (unpaired) electrons. The molecule has 2 heterocycles. The van der Waals surface area contributed by atoms with Crippen molar-refractivity contribution in [3.05, 3.63) is 63.2 Å². The van der Waals surface area contributed by atoms with Crippen LogP contribution in [0.5, 0.6) is 11.5 Å². The standard InChI is InChI=1S/C21H26N6O5/c1-5-31-18-8-7-16(11-19(18)32-6-2)12-22-21(28)17-9-10-25(24-17)13-26-15(4)20(27(29)30)14(3)23-26/h7-11H,5-6,12-13H2,1-4H3,(H,22,28).